The monoisotopic (exact) mass is 346 g/mol. The number of amides is 1. The number of nitrogens with one attached hydrogen (secondary N) is 1. The van der Waals surface area contributed by atoms with Gasteiger partial charge in [0, 0.05) is 41.3 Å². The number of benzene rings is 1. The van der Waals surface area contributed by atoms with Gasteiger partial charge in [0.15, 0.2) is 0 Å². The van der Waals surface area contributed by atoms with Gasteiger partial charge in [-0.1, -0.05) is 15.9 Å². The summed E-state index contributed by atoms with van der Waals surface area (Å²) in [7, 11) is 0. The second-order valence-electron chi connectivity index (χ2n) is 5.98. The average molecular weight is 347 g/mol. The molecule has 2 aromatic rings. The zero-order chi connectivity index (χ0) is 14.4. The summed E-state index contributed by atoms with van der Waals surface area (Å²) in [6, 6.07) is 6.05. The number of carbonyl (C=O) groups is 1. The lowest BCUT2D eigenvalue weighted by Gasteiger charge is -2.23. The molecule has 1 aromatic heterocycles. The highest BCUT2D eigenvalue weighted by Gasteiger charge is 2.44. The molecule has 108 valence electrons. The van der Waals surface area contributed by atoms with Crippen molar-refractivity contribution in [3.8, 4) is 0 Å². The molecule has 1 aromatic carbocycles. The van der Waals surface area contributed by atoms with Crippen LogP contribution in [-0.2, 0) is 4.79 Å². The van der Waals surface area contributed by atoms with Gasteiger partial charge >= 0.3 is 0 Å². The summed E-state index contributed by atoms with van der Waals surface area (Å²) in [6.07, 6.45) is 3.29. The molecule has 2 aliphatic heterocycles. The van der Waals surface area contributed by atoms with E-state index in [-0.39, 0.29) is 11.3 Å². The maximum Gasteiger partial charge on any atom is 0.220 e. The zero-order valence-corrected chi connectivity index (χ0v) is 13.1. The number of aromatic nitrogens is 2. The fraction of sp³-hybridized carbons (Fsp3) is 0.400. The number of anilines is 1. The van der Waals surface area contributed by atoms with Gasteiger partial charge in [0.25, 0.3) is 0 Å². The average Bonchev–Trinajstić information content (AvgIpc) is 3.05. The summed E-state index contributed by atoms with van der Waals surface area (Å²) in [5.41, 5.74) is 1.03. The Kier molecular flexibility index (Phi) is 2.89. The van der Waals surface area contributed by atoms with Crippen molar-refractivity contribution in [2.75, 3.05) is 24.5 Å². The minimum Gasteiger partial charge on any atom is -0.355 e. The number of rotatable bonds is 1. The molecule has 5 nitrogen and oxygen atoms in total. The van der Waals surface area contributed by atoms with E-state index in [2.05, 4.69) is 42.2 Å². The molecule has 0 saturated carbocycles. The van der Waals surface area contributed by atoms with E-state index in [0.29, 0.717) is 6.42 Å². The molecule has 0 radical (unpaired) electrons. The van der Waals surface area contributed by atoms with Gasteiger partial charge < -0.3 is 10.2 Å². The van der Waals surface area contributed by atoms with E-state index < -0.39 is 0 Å². The van der Waals surface area contributed by atoms with Crippen LogP contribution in [0.3, 0.4) is 0 Å². The Hall–Kier alpha value is -1.69. The molecule has 1 N–H and O–H groups in total. The minimum atomic E-state index is 0.0837. The SMILES string of the molecule is O=C1CC2(CCN(c3ncnc4ccc(Br)cc34)C2)CN1. The van der Waals surface area contributed by atoms with E-state index in [1.807, 2.05) is 12.1 Å². The molecular formula is C15H15BrN4O. The van der Waals surface area contributed by atoms with Crippen molar-refractivity contribution in [3.05, 3.63) is 29.0 Å². The molecule has 1 amide bonds. The van der Waals surface area contributed by atoms with Gasteiger partial charge in [-0.2, -0.15) is 0 Å². The van der Waals surface area contributed by atoms with Gasteiger partial charge in [0.2, 0.25) is 5.91 Å². The Bertz CT molecular complexity index is 735. The molecule has 2 aliphatic rings. The molecule has 1 spiro atoms. The zero-order valence-electron chi connectivity index (χ0n) is 11.5. The quantitative estimate of drug-likeness (QED) is 0.859. The van der Waals surface area contributed by atoms with Crippen LogP contribution in [0.15, 0.2) is 29.0 Å². The van der Waals surface area contributed by atoms with Gasteiger partial charge in [-0.05, 0) is 24.6 Å². The van der Waals surface area contributed by atoms with Crippen LogP contribution in [0.5, 0.6) is 0 Å². The summed E-state index contributed by atoms with van der Waals surface area (Å²) in [4.78, 5) is 22.7. The van der Waals surface area contributed by atoms with E-state index in [1.165, 1.54) is 0 Å². The van der Waals surface area contributed by atoms with Crippen molar-refractivity contribution in [2.45, 2.75) is 12.8 Å². The third kappa shape index (κ3) is 2.18. The fourth-order valence-electron chi connectivity index (χ4n) is 3.42. The number of fused-ring (bicyclic) bond motifs is 1. The number of hydrogen-bond donors (Lipinski definition) is 1. The first kappa shape index (κ1) is 13.0. The maximum absolute atomic E-state index is 11.5. The maximum atomic E-state index is 11.5. The predicted octanol–water partition coefficient (Wildman–Crippen LogP) is 2.11. The number of halogens is 1. The van der Waals surface area contributed by atoms with Gasteiger partial charge in [-0.15, -0.1) is 0 Å². The van der Waals surface area contributed by atoms with E-state index in [0.717, 1.165) is 47.2 Å². The third-order valence-electron chi connectivity index (χ3n) is 4.51. The Labute approximate surface area is 130 Å². The van der Waals surface area contributed by atoms with Crippen LogP contribution in [-0.4, -0.2) is 35.5 Å². The second-order valence-corrected chi connectivity index (χ2v) is 6.90. The first-order chi connectivity index (χ1) is 10.2. The highest BCUT2D eigenvalue weighted by molar-refractivity contribution is 9.10. The molecule has 2 saturated heterocycles. The normalized spacial score (nSPS) is 25.0. The first-order valence-corrected chi connectivity index (χ1v) is 7.87. The molecule has 0 bridgehead atoms. The van der Waals surface area contributed by atoms with Crippen LogP contribution in [0.25, 0.3) is 10.9 Å². The van der Waals surface area contributed by atoms with E-state index in [9.17, 15) is 4.79 Å². The summed E-state index contributed by atoms with van der Waals surface area (Å²) < 4.78 is 1.03. The molecule has 4 rings (SSSR count). The largest absolute Gasteiger partial charge is 0.355 e. The minimum absolute atomic E-state index is 0.0837. The summed E-state index contributed by atoms with van der Waals surface area (Å²) in [5, 5.41) is 4.02. The number of hydrogen-bond acceptors (Lipinski definition) is 4. The van der Waals surface area contributed by atoms with Gasteiger partial charge in [-0.3, -0.25) is 4.79 Å². The Morgan fingerprint density at radius 3 is 3.05 bits per heavy atom. The topological polar surface area (TPSA) is 58.1 Å². The van der Waals surface area contributed by atoms with Crippen LogP contribution < -0.4 is 10.2 Å². The van der Waals surface area contributed by atoms with Gasteiger partial charge in [0.05, 0.1) is 5.52 Å². The molecular weight excluding hydrogens is 332 g/mol. The van der Waals surface area contributed by atoms with Crippen LogP contribution in [0.4, 0.5) is 5.82 Å². The lowest BCUT2D eigenvalue weighted by atomic mass is 9.86. The highest BCUT2D eigenvalue weighted by atomic mass is 79.9. The predicted molar refractivity (Wildman–Crippen MR) is 84.1 cm³/mol. The van der Waals surface area contributed by atoms with Gasteiger partial charge in [-0.25, -0.2) is 9.97 Å². The number of carbonyl (C=O) groups excluding carboxylic acids is 1. The molecule has 0 aliphatic carbocycles. The summed E-state index contributed by atoms with van der Waals surface area (Å²) in [5.74, 6) is 1.14. The van der Waals surface area contributed by atoms with E-state index in [1.54, 1.807) is 6.33 Å². The molecule has 21 heavy (non-hydrogen) atoms. The van der Waals surface area contributed by atoms with Crippen LogP contribution in [0.2, 0.25) is 0 Å². The summed E-state index contributed by atoms with van der Waals surface area (Å²) >= 11 is 3.51. The lowest BCUT2D eigenvalue weighted by Crippen LogP contribution is -2.29. The molecule has 3 heterocycles. The van der Waals surface area contributed by atoms with Crippen LogP contribution >= 0.6 is 15.9 Å². The van der Waals surface area contributed by atoms with E-state index >= 15 is 0 Å². The van der Waals surface area contributed by atoms with Crippen molar-refractivity contribution >= 4 is 38.6 Å². The van der Waals surface area contributed by atoms with E-state index in [4.69, 9.17) is 0 Å². The van der Waals surface area contributed by atoms with Crippen LogP contribution in [0.1, 0.15) is 12.8 Å². The van der Waals surface area contributed by atoms with Crippen molar-refractivity contribution in [3.63, 3.8) is 0 Å². The summed E-state index contributed by atoms with van der Waals surface area (Å²) in [6.45, 7) is 2.60. The van der Waals surface area contributed by atoms with Crippen LogP contribution in [0, 0.1) is 5.41 Å². The smallest absolute Gasteiger partial charge is 0.220 e. The van der Waals surface area contributed by atoms with Crippen molar-refractivity contribution in [2.24, 2.45) is 5.41 Å². The lowest BCUT2D eigenvalue weighted by molar-refractivity contribution is -0.119. The third-order valence-corrected chi connectivity index (χ3v) is 5.00. The molecule has 1 unspecified atom stereocenters. The number of nitrogens with zero attached hydrogens (tertiary/aromatic N) is 3. The molecule has 1 atom stereocenters. The van der Waals surface area contributed by atoms with Gasteiger partial charge in [0.1, 0.15) is 12.1 Å². The standard InChI is InChI=1S/C15H15BrN4O/c16-10-1-2-12-11(5-10)14(19-9-18-12)20-4-3-15(8-20)6-13(21)17-7-15/h1-2,5,9H,3-4,6-8H2,(H,17,21). The highest BCUT2D eigenvalue weighted by Crippen LogP contribution is 2.39. The van der Waals surface area contributed by atoms with Crippen molar-refractivity contribution < 1.29 is 4.79 Å². The van der Waals surface area contributed by atoms with Crippen molar-refractivity contribution in [1.29, 1.82) is 0 Å². The Morgan fingerprint density at radius 2 is 2.24 bits per heavy atom. The Morgan fingerprint density at radius 1 is 1.33 bits per heavy atom. The van der Waals surface area contributed by atoms with Crippen molar-refractivity contribution in [1.82, 2.24) is 15.3 Å². The fourth-order valence-corrected chi connectivity index (χ4v) is 3.78. The molecule has 6 heteroatoms. The Balaban J connectivity index is 1.71. The first-order valence-electron chi connectivity index (χ1n) is 7.07. The molecule has 2 fully saturated rings. The second kappa shape index (κ2) is 4.66.